The molecule has 1 atom stereocenters. The van der Waals surface area contributed by atoms with Crippen LogP contribution in [-0.2, 0) is 4.43 Å². The van der Waals surface area contributed by atoms with Gasteiger partial charge in [0.05, 0.1) is 6.61 Å². The van der Waals surface area contributed by atoms with Gasteiger partial charge in [-0.15, -0.1) is 0 Å². The van der Waals surface area contributed by atoms with Crippen molar-refractivity contribution in [1.29, 1.82) is 0 Å². The molecule has 0 bridgehead atoms. The topological polar surface area (TPSA) is 18.5 Å². The molecule has 0 aliphatic rings. The number of halogens is 2. The van der Waals surface area contributed by atoms with E-state index in [2.05, 4.69) is 62.5 Å². The van der Waals surface area contributed by atoms with E-state index in [0.717, 1.165) is 9.52 Å². The molecular formula is C16H24ClIO2Si. The molecule has 0 saturated carbocycles. The van der Waals surface area contributed by atoms with Crippen LogP contribution in [0.5, 0.6) is 5.75 Å². The summed E-state index contributed by atoms with van der Waals surface area (Å²) < 4.78 is 12.7. The third-order valence-electron chi connectivity index (χ3n) is 3.02. The first-order chi connectivity index (χ1) is 9.68. The zero-order valence-corrected chi connectivity index (χ0v) is 17.4. The highest BCUT2D eigenvalue weighted by molar-refractivity contribution is 14.1. The van der Waals surface area contributed by atoms with Gasteiger partial charge < -0.3 is 9.16 Å². The van der Waals surface area contributed by atoms with E-state index in [1.54, 1.807) is 0 Å². The quantitative estimate of drug-likeness (QED) is 0.324. The van der Waals surface area contributed by atoms with E-state index < -0.39 is 9.04 Å². The van der Waals surface area contributed by atoms with Crippen LogP contribution in [0.4, 0.5) is 0 Å². The van der Waals surface area contributed by atoms with Gasteiger partial charge in [0.1, 0.15) is 9.52 Å². The van der Waals surface area contributed by atoms with E-state index in [0.29, 0.717) is 11.6 Å². The zero-order valence-electron chi connectivity index (χ0n) is 13.3. The van der Waals surface area contributed by atoms with Gasteiger partial charge in [-0.05, 0) is 65.4 Å². The second kappa shape index (κ2) is 8.43. The molecule has 1 aromatic carbocycles. The summed E-state index contributed by atoms with van der Waals surface area (Å²) in [6.45, 7) is 11.6. The van der Waals surface area contributed by atoms with Crippen molar-refractivity contribution in [2.24, 2.45) is 11.3 Å². The first-order valence-electron chi connectivity index (χ1n) is 7.11. The van der Waals surface area contributed by atoms with Gasteiger partial charge in [-0.3, -0.25) is 0 Å². The molecule has 0 aliphatic heterocycles. The van der Waals surface area contributed by atoms with Crippen LogP contribution in [0.15, 0.2) is 34.1 Å². The third kappa shape index (κ3) is 7.56. The van der Waals surface area contributed by atoms with E-state index >= 15 is 0 Å². The smallest absolute Gasteiger partial charge is 0.230 e. The number of hydrogen-bond donors (Lipinski definition) is 0. The van der Waals surface area contributed by atoms with Crippen molar-refractivity contribution < 1.29 is 9.16 Å². The maximum Gasteiger partial charge on any atom is 0.230 e. The van der Waals surface area contributed by atoms with Crippen LogP contribution in [0.1, 0.15) is 20.8 Å². The van der Waals surface area contributed by atoms with Crippen LogP contribution in [0.2, 0.25) is 18.1 Å². The molecule has 1 aromatic rings. The monoisotopic (exact) mass is 438 g/mol. The molecule has 2 nitrogen and oxygen atoms in total. The van der Waals surface area contributed by atoms with Gasteiger partial charge in [-0.1, -0.05) is 38.4 Å². The Kier molecular flexibility index (Phi) is 7.57. The number of benzene rings is 1. The normalized spacial score (nSPS) is 14.2. The van der Waals surface area contributed by atoms with Gasteiger partial charge in [-0.25, -0.2) is 0 Å². The average Bonchev–Trinajstić information content (AvgIpc) is 2.32. The minimum Gasteiger partial charge on any atom is -0.543 e. The van der Waals surface area contributed by atoms with Crippen molar-refractivity contribution >= 4 is 43.2 Å². The van der Waals surface area contributed by atoms with Crippen molar-refractivity contribution in [2.45, 2.75) is 33.9 Å². The van der Waals surface area contributed by atoms with Crippen LogP contribution >= 0.6 is 34.2 Å². The van der Waals surface area contributed by atoms with Gasteiger partial charge in [-0.2, -0.15) is 0 Å². The largest absolute Gasteiger partial charge is 0.543 e. The van der Waals surface area contributed by atoms with Crippen molar-refractivity contribution in [3.63, 3.8) is 0 Å². The predicted molar refractivity (Wildman–Crippen MR) is 102 cm³/mol. The molecule has 0 heterocycles. The summed E-state index contributed by atoms with van der Waals surface area (Å²) in [7, 11) is -1.06. The Balaban J connectivity index is 2.76. The molecule has 118 valence electrons. The summed E-state index contributed by atoms with van der Waals surface area (Å²) in [5.74, 6) is 1.08. The maximum absolute atomic E-state index is 5.98. The molecule has 1 unspecified atom stereocenters. The maximum atomic E-state index is 5.98. The summed E-state index contributed by atoms with van der Waals surface area (Å²) in [4.78, 5) is 0. The fourth-order valence-corrected chi connectivity index (χ4v) is 4.38. The molecule has 0 aromatic heterocycles. The van der Waals surface area contributed by atoms with Crippen molar-refractivity contribution in [2.75, 3.05) is 6.61 Å². The SMILES string of the molecule is C[SiH](C)O/C(I)=C\C(COc1cccc(Cl)c1)C(C)(C)C. The van der Waals surface area contributed by atoms with Crippen LogP contribution in [0.25, 0.3) is 0 Å². The summed E-state index contributed by atoms with van der Waals surface area (Å²) in [5.41, 5.74) is 0.108. The lowest BCUT2D eigenvalue weighted by Gasteiger charge is -2.28. The van der Waals surface area contributed by atoms with E-state index in [1.165, 1.54) is 0 Å². The van der Waals surface area contributed by atoms with Crippen molar-refractivity contribution in [3.05, 3.63) is 39.1 Å². The van der Waals surface area contributed by atoms with E-state index in [9.17, 15) is 0 Å². The van der Waals surface area contributed by atoms with Crippen molar-refractivity contribution in [1.82, 2.24) is 0 Å². The lowest BCUT2D eigenvalue weighted by Crippen LogP contribution is -2.25. The second-order valence-electron chi connectivity index (χ2n) is 6.38. The van der Waals surface area contributed by atoms with E-state index in [1.807, 2.05) is 24.3 Å². The molecule has 5 heteroatoms. The first kappa shape index (κ1) is 18.8. The highest BCUT2D eigenvalue weighted by Crippen LogP contribution is 2.30. The van der Waals surface area contributed by atoms with Gasteiger partial charge in [0.15, 0.2) is 0 Å². The zero-order chi connectivity index (χ0) is 16.0. The first-order valence-corrected chi connectivity index (χ1v) is 11.3. The Labute approximate surface area is 148 Å². The van der Waals surface area contributed by atoms with E-state index in [4.69, 9.17) is 20.8 Å². The van der Waals surface area contributed by atoms with E-state index in [-0.39, 0.29) is 11.3 Å². The molecule has 0 saturated heterocycles. The Morgan fingerprint density at radius 3 is 2.57 bits per heavy atom. The minimum atomic E-state index is -1.06. The van der Waals surface area contributed by atoms with Gasteiger partial charge in [0, 0.05) is 10.9 Å². The van der Waals surface area contributed by atoms with Gasteiger partial charge in [0.25, 0.3) is 0 Å². The van der Waals surface area contributed by atoms with Crippen LogP contribution in [0.3, 0.4) is 0 Å². The fraction of sp³-hybridized carbons (Fsp3) is 0.500. The minimum absolute atomic E-state index is 0.108. The molecule has 0 amide bonds. The van der Waals surface area contributed by atoms with Crippen LogP contribution < -0.4 is 4.74 Å². The summed E-state index contributed by atoms with van der Waals surface area (Å²) in [6.07, 6.45) is 2.18. The highest BCUT2D eigenvalue weighted by atomic mass is 127. The molecule has 0 spiro atoms. The molecule has 0 N–H and O–H groups in total. The number of rotatable bonds is 6. The standard InChI is InChI=1S/C16H24ClIO2Si/c1-16(2,3)12(9-15(18)20-21(4)5)11-19-14-8-6-7-13(17)10-14/h6-10,12,21H,11H2,1-5H3/b15-9-. The number of hydrogen-bond acceptors (Lipinski definition) is 2. The third-order valence-corrected chi connectivity index (χ3v) is 5.07. The summed E-state index contributed by atoms with van der Waals surface area (Å²) in [6, 6.07) is 7.52. The average molecular weight is 439 g/mol. The molecular weight excluding hydrogens is 415 g/mol. The lowest BCUT2D eigenvalue weighted by atomic mass is 9.81. The molecule has 0 aliphatic carbocycles. The molecule has 1 rings (SSSR count). The highest BCUT2D eigenvalue weighted by Gasteiger charge is 2.24. The molecule has 0 radical (unpaired) electrons. The van der Waals surface area contributed by atoms with Crippen LogP contribution in [0, 0.1) is 11.3 Å². The summed E-state index contributed by atoms with van der Waals surface area (Å²) >= 11 is 8.25. The second-order valence-corrected chi connectivity index (χ2v) is 10.2. The lowest BCUT2D eigenvalue weighted by molar-refractivity contribution is 0.181. The molecule has 21 heavy (non-hydrogen) atoms. The summed E-state index contributed by atoms with van der Waals surface area (Å²) in [5, 5.41) is 0.694. The van der Waals surface area contributed by atoms with Crippen molar-refractivity contribution in [3.8, 4) is 5.75 Å². The number of ether oxygens (including phenoxy) is 1. The van der Waals surface area contributed by atoms with Crippen LogP contribution in [-0.4, -0.2) is 15.6 Å². The Hall–Kier alpha value is -0.203. The molecule has 0 fully saturated rings. The Bertz CT molecular complexity index is 483. The predicted octanol–water partition coefficient (Wildman–Crippen LogP) is 5.66. The Morgan fingerprint density at radius 2 is 2.05 bits per heavy atom. The van der Waals surface area contributed by atoms with Gasteiger partial charge in [0.2, 0.25) is 9.04 Å². The van der Waals surface area contributed by atoms with Gasteiger partial charge >= 0.3 is 0 Å². The Morgan fingerprint density at radius 1 is 1.38 bits per heavy atom. The fourth-order valence-electron chi connectivity index (χ4n) is 1.71.